The average molecular weight is 330 g/mol. The standard InChI is InChI=1S/C17H14O3S2/c1-19-11-6-8-12(9-7-11)21-14-4-3-5-15-13(14)10-16(22-15)17(18)20-2/h3-10H,1-2H3. The van der Waals surface area contributed by atoms with Crippen LogP contribution in [0.25, 0.3) is 10.1 Å². The van der Waals surface area contributed by atoms with Crippen LogP contribution < -0.4 is 4.74 Å². The van der Waals surface area contributed by atoms with Gasteiger partial charge in [0.05, 0.1) is 14.2 Å². The molecule has 0 unspecified atom stereocenters. The molecule has 0 aliphatic heterocycles. The van der Waals surface area contributed by atoms with Crippen molar-refractivity contribution in [3.05, 3.63) is 53.4 Å². The van der Waals surface area contributed by atoms with E-state index in [0.717, 1.165) is 25.6 Å². The number of ether oxygens (including phenoxy) is 2. The zero-order valence-electron chi connectivity index (χ0n) is 12.2. The van der Waals surface area contributed by atoms with Gasteiger partial charge < -0.3 is 9.47 Å². The summed E-state index contributed by atoms with van der Waals surface area (Å²) in [4.78, 5) is 14.6. The maximum absolute atomic E-state index is 11.7. The van der Waals surface area contributed by atoms with Crippen LogP contribution in [0.1, 0.15) is 9.67 Å². The maximum atomic E-state index is 11.7. The van der Waals surface area contributed by atoms with Crippen molar-refractivity contribution >= 4 is 39.2 Å². The summed E-state index contributed by atoms with van der Waals surface area (Å²) in [5.41, 5.74) is 0. The van der Waals surface area contributed by atoms with Gasteiger partial charge in [0.15, 0.2) is 0 Å². The average Bonchev–Trinajstić information content (AvgIpc) is 3.00. The van der Waals surface area contributed by atoms with E-state index in [1.807, 2.05) is 42.5 Å². The lowest BCUT2D eigenvalue weighted by Gasteiger charge is -2.04. The summed E-state index contributed by atoms with van der Waals surface area (Å²) in [6.45, 7) is 0. The molecular weight excluding hydrogens is 316 g/mol. The van der Waals surface area contributed by atoms with Crippen LogP contribution in [-0.2, 0) is 4.74 Å². The molecule has 0 amide bonds. The van der Waals surface area contributed by atoms with Gasteiger partial charge in [0.2, 0.25) is 0 Å². The van der Waals surface area contributed by atoms with Crippen LogP contribution in [0.5, 0.6) is 5.75 Å². The van der Waals surface area contributed by atoms with Crippen LogP contribution in [0.2, 0.25) is 0 Å². The molecule has 0 fully saturated rings. The van der Waals surface area contributed by atoms with Gasteiger partial charge in [-0.25, -0.2) is 4.79 Å². The number of benzene rings is 2. The minimum Gasteiger partial charge on any atom is -0.497 e. The van der Waals surface area contributed by atoms with Gasteiger partial charge >= 0.3 is 5.97 Å². The molecule has 22 heavy (non-hydrogen) atoms. The first kappa shape index (κ1) is 14.9. The Morgan fingerprint density at radius 2 is 1.86 bits per heavy atom. The molecule has 3 aromatic rings. The third-order valence-corrected chi connectivity index (χ3v) is 5.36. The Morgan fingerprint density at radius 1 is 1.09 bits per heavy atom. The first-order valence-corrected chi connectivity index (χ1v) is 8.27. The van der Waals surface area contributed by atoms with Gasteiger partial charge in [-0.3, -0.25) is 0 Å². The summed E-state index contributed by atoms with van der Waals surface area (Å²) in [6.07, 6.45) is 0. The Morgan fingerprint density at radius 3 is 2.55 bits per heavy atom. The molecule has 1 aromatic heterocycles. The van der Waals surface area contributed by atoms with Crippen LogP contribution in [0.4, 0.5) is 0 Å². The molecule has 0 saturated heterocycles. The highest BCUT2D eigenvalue weighted by Crippen LogP contribution is 2.37. The molecular formula is C17H14O3S2. The van der Waals surface area contributed by atoms with Crippen LogP contribution in [-0.4, -0.2) is 20.2 Å². The Kier molecular flexibility index (Phi) is 4.36. The third kappa shape index (κ3) is 2.96. The molecule has 0 bridgehead atoms. The highest BCUT2D eigenvalue weighted by Gasteiger charge is 2.13. The highest BCUT2D eigenvalue weighted by atomic mass is 32.2. The van der Waals surface area contributed by atoms with E-state index in [2.05, 4.69) is 6.07 Å². The molecule has 0 N–H and O–H groups in total. The molecule has 0 spiro atoms. The lowest BCUT2D eigenvalue weighted by atomic mass is 10.2. The highest BCUT2D eigenvalue weighted by molar-refractivity contribution is 7.99. The van der Waals surface area contributed by atoms with Crippen molar-refractivity contribution in [1.29, 1.82) is 0 Å². The number of hydrogen-bond acceptors (Lipinski definition) is 5. The minimum atomic E-state index is -0.290. The summed E-state index contributed by atoms with van der Waals surface area (Å²) >= 11 is 3.12. The molecule has 3 rings (SSSR count). The fraction of sp³-hybridized carbons (Fsp3) is 0.118. The predicted molar refractivity (Wildman–Crippen MR) is 90.3 cm³/mol. The van der Waals surface area contributed by atoms with Crippen molar-refractivity contribution in [3.8, 4) is 5.75 Å². The van der Waals surface area contributed by atoms with Gasteiger partial charge in [0.1, 0.15) is 10.6 Å². The summed E-state index contributed by atoms with van der Waals surface area (Å²) in [7, 11) is 3.06. The summed E-state index contributed by atoms with van der Waals surface area (Å²) in [6, 6.07) is 15.9. The van der Waals surface area contributed by atoms with Crippen molar-refractivity contribution in [3.63, 3.8) is 0 Å². The van der Waals surface area contributed by atoms with E-state index in [1.54, 1.807) is 18.9 Å². The van der Waals surface area contributed by atoms with E-state index < -0.39 is 0 Å². The quantitative estimate of drug-likeness (QED) is 0.641. The molecule has 5 heteroatoms. The van der Waals surface area contributed by atoms with E-state index in [9.17, 15) is 4.79 Å². The van der Waals surface area contributed by atoms with Gasteiger partial charge in [0, 0.05) is 19.9 Å². The van der Waals surface area contributed by atoms with Crippen molar-refractivity contribution in [2.24, 2.45) is 0 Å². The van der Waals surface area contributed by atoms with E-state index in [4.69, 9.17) is 9.47 Å². The van der Waals surface area contributed by atoms with E-state index in [-0.39, 0.29) is 5.97 Å². The van der Waals surface area contributed by atoms with E-state index in [1.165, 1.54) is 18.4 Å². The second kappa shape index (κ2) is 6.42. The minimum absolute atomic E-state index is 0.290. The van der Waals surface area contributed by atoms with E-state index in [0.29, 0.717) is 4.88 Å². The van der Waals surface area contributed by atoms with Gasteiger partial charge in [-0.1, -0.05) is 17.8 Å². The fourth-order valence-electron chi connectivity index (χ4n) is 2.10. The molecule has 0 saturated carbocycles. The zero-order chi connectivity index (χ0) is 15.5. The number of thiophene rings is 1. The Hall–Kier alpha value is -1.98. The molecule has 0 atom stereocenters. The normalized spacial score (nSPS) is 10.6. The molecule has 0 aliphatic carbocycles. The SMILES string of the molecule is COC(=O)c1cc2c(Sc3ccc(OC)cc3)cccc2s1. The Labute approximate surface area is 136 Å². The van der Waals surface area contributed by atoms with Gasteiger partial charge in [-0.15, -0.1) is 11.3 Å². The number of methoxy groups -OCH3 is 2. The molecule has 3 nitrogen and oxygen atoms in total. The van der Waals surface area contributed by atoms with Crippen LogP contribution >= 0.6 is 23.1 Å². The number of fused-ring (bicyclic) bond motifs is 1. The van der Waals surface area contributed by atoms with Gasteiger partial charge in [-0.2, -0.15) is 0 Å². The van der Waals surface area contributed by atoms with E-state index >= 15 is 0 Å². The van der Waals surface area contributed by atoms with Gasteiger partial charge in [-0.05, 0) is 42.5 Å². The number of rotatable bonds is 4. The maximum Gasteiger partial charge on any atom is 0.348 e. The monoisotopic (exact) mass is 330 g/mol. The largest absolute Gasteiger partial charge is 0.497 e. The molecule has 2 aromatic carbocycles. The molecule has 112 valence electrons. The first-order chi connectivity index (χ1) is 10.7. The summed E-state index contributed by atoms with van der Waals surface area (Å²) in [5.74, 6) is 0.549. The second-order valence-electron chi connectivity index (χ2n) is 4.55. The fourth-order valence-corrected chi connectivity index (χ4v) is 4.12. The molecule has 0 radical (unpaired) electrons. The predicted octanol–water partition coefficient (Wildman–Crippen LogP) is 4.85. The Balaban J connectivity index is 1.95. The lowest BCUT2D eigenvalue weighted by molar-refractivity contribution is 0.0606. The molecule has 0 aliphatic rings. The number of hydrogen-bond donors (Lipinski definition) is 0. The topological polar surface area (TPSA) is 35.5 Å². The van der Waals surface area contributed by atoms with Crippen molar-refractivity contribution in [2.75, 3.05) is 14.2 Å². The Bertz CT molecular complexity index is 806. The smallest absolute Gasteiger partial charge is 0.348 e. The number of carbonyl (C=O) groups is 1. The van der Waals surface area contributed by atoms with Crippen LogP contribution in [0.3, 0.4) is 0 Å². The summed E-state index contributed by atoms with van der Waals surface area (Å²) in [5, 5.41) is 1.08. The van der Waals surface area contributed by atoms with Crippen molar-refractivity contribution in [2.45, 2.75) is 9.79 Å². The van der Waals surface area contributed by atoms with Crippen LogP contribution in [0.15, 0.2) is 58.3 Å². The first-order valence-electron chi connectivity index (χ1n) is 6.64. The molecule has 1 heterocycles. The van der Waals surface area contributed by atoms with Crippen molar-refractivity contribution < 1.29 is 14.3 Å². The van der Waals surface area contributed by atoms with Crippen molar-refractivity contribution in [1.82, 2.24) is 0 Å². The zero-order valence-corrected chi connectivity index (χ0v) is 13.8. The van der Waals surface area contributed by atoms with Crippen LogP contribution in [0, 0.1) is 0 Å². The number of carbonyl (C=O) groups excluding carboxylic acids is 1. The second-order valence-corrected chi connectivity index (χ2v) is 6.75. The van der Waals surface area contributed by atoms with Gasteiger partial charge in [0.25, 0.3) is 0 Å². The summed E-state index contributed by atoms with van der Waals surface area (Å²) < 4.78 is 11.1. The lowest BCUT2D eigenvalue weighted by Crippen LogP contribution is -1.96. The third-order valence-electron chi connectivity index (χ3n) is 3.20. The number of esters is 1.